The van der Waals surface area contributed by atoms with E-state index in [1.807, 2.05) is 0 Å². The molecule has 0 saturated carbocycles. The van der Waals surface area contributed by atoms with Crippen LogP contribution in [0.5, 0.6) is 5.75 Å². The van der Waals surface area contributed by atoms with Crippen molar-refractivity contribution < 1.29 is 35.0 Å². The van der Waals surface area contributed by atoms with Gasteiger partial charge in [0.2, 0.25) is 5.91 Å². The van der Waals surface area contributed by atoms with E-state index in [0.717, 1.165) is 28.6 Å². The number of rotatable bonds is 9. The lowest BCUT2D eigenvalue weighted by Gasteiger charge is -2.33. The monoisotopic (exact) mass is 533 g/mol. The van der Waals surface area contributed by atoms with Crippen molar-refractivity contribution in [2.75, 3.05) is 24.5 Å². The molecule has 1 aromatic heterocycles. The van der Waals surface area contributed by atoms with Crippen molar-refractivity contribution in [3.05, 3.63) is 48.2 Å². The van der Waals surface area contributed by atoms with E-state index in [1.54, 1.807) is 24.8 Å². The van der Waals surface area contributed by atoms with Gasteiger partial charge in [-0.1, -0.05) is 0 Å². The molecule has 0 spiro atoms. The first-order chi connectivity index (χ1) is 16.8. The Morgan fingerprint density at radius 1 is 1.19 bits per heavy atom. The minimum Gasteiger partial charge on any atom is -0.371 e. The Morgan fingerprint density at radius 3 is 2.42 bits per heavy atom. The minimum atomic E-state index is -4.36. The second kappa shape index (κ2) is 11.4. The Morgan fingerprint density at radius 2 is 1.83 bits per heavy atom. The molecule has 0 unspecified atom stereocenters. The smallest absolute Gasteiger partial charge is 0.371 e. The van der Waals surface area contributed by atoms with Crippen molar-refractivity contribution in [1.29, 1.82) is 0 Å². The molecule has 1 aliphatic heterocycles. The Labute approximate surface area is 206 Å². The molecule has 0 aliphatic carbocycles. The highest BCUT2D eigenvalue weighted by Gasteiger charge is 2.41. The number of amides is 1. The van der Waals surface area contributed by atoms with E-state index < -0.39 is 46.7 Å². The van der Waals surface area contributed by atoms with E-state index in [4.69, 9.17) is 4.18 Å². The number of anilines is 1. The zero-order chi connectivity index (χ0) is 26.5. The molecule has 2 aromatic rings. The Kier molecular flexibility index (Phi) is 8.71. The van der Waals surface area contributed by atoms with Gasteiger partial charge in [-0.3, -0.25) is 4.79 Å². The summed E-state index contributed by atoms with van der Waals surface area (Å²) in [6.07, 6.45) is -3.01. The second-order valence-electron chi connectivity index (χ2n) is 8.58. The van der Waals surface area contributed by atoms with Gasteiger partial charge in [0.25, 0.3) is 0 Å². The zero-order valence-corrected chi connectivity index (χ0v) is 20.5. The fraction of sp³-hybridized carbons (Fsp3) is 0.500. The molecular formula is C22H27F4N5O4S. The minimum absolute atomic E-state index is 0.0287. The van der Waals surface area contributed by atoms with Crippen molar-refractivity contribution >= 4 is 22.0 Å². The molecule has 2 heterocycles. The predicted molar refractivity (Wildman–Crippen MR) is 123 cm³/mol. The van der Waals surface area contributed by atoms with E-state index in [-0.39, 0.29) is 38.2 Å². The molecule has 0 radical (unpaired) electrons. The number of benzene rings is 1. The van der Waals surface area contributed by atoms with E-state index in [0.29, 0.717) is 11.5 Å². The SMILES string of the molecule is CC(C)N(CC(=O)NCc1cc(N2CCC(C(F)(F)F)CC2)ncn1)S(=O)(=O)Oc1ccc(F)cc1. The van der Waals surface area contributed by atoms with Crippen molar-refractivity contribution in [2.45, 2.75) is 45.5 Å². The normalized spacial score (nSPS) is 15.4. The molecule has 36 heavy (non-hydrogen) atoms. The maximum absolute atomic E-state index is 13.1. The summed E-state index contributed by atoms with van der Waals surface area (Å²) in [5.41, 5.74) is 0.410. The fourth-order valence-corrected chi connectivity index (χ4v) is 4.90. The lowest BCUT2D eigenvalue weighted by Crippen LogP contribution is -2.45. The van der Waals surface area contributed by atoms with Gasteiger partial charge in [0.05, 0.1) is 24.7 Å². The van der Waals surface area contributed by atoms with Crippen LogP contribution in [-0.4, -0.2) is 60.5 Å². The number of halogens is 4. The van der Waals surface area contributed by atoms with Gasteiger partial charge >= 0.3 is 16.5 Å². The first kappa shape index (κ1) is 27.6. The number of carbonyl (C=O) groups is 1. The van der Waals surface area contributed by atoms with Crippen LogP contribution in [0, 0.1) is 11.7 Å². The summed E-state index contributed by atoms with van der Waals surface area (Å²) in [7, 11) is -4.36. The van der Waals surface area contributed by atoms with Crippen LogP contribution in [0.3, 0.4) is 0 Å². The van der Waals surface area contributed by atoms with Crippen LogP contribution in [0.15, 0.2) is 36.7 Å². The quantitative estimate of drug-likeness (QED) is 0.494. The van der Waals surface area contributed by atoms with Crippen LogP contribution < -0.4 is 14.4 Å². The van der Waals surface area contributed by atoms with Gasteiger partial charge in [0.15, 0.2) is 0 Å². The van der Waals surface area contributed by atoms with E-state index in [9.17, 15) is 30.8 Å². The van der Waals surface area contributed by atoms with Crippen molar-refractivity contribution in [3.8, 4) is 5.75 Å². The average Bonchev–Trinajstić information content (AvgIpc) is 2.82. The lowest BCUT2D eigenvalue weighted by molar-refractivity contribution is -0.179. The number of hydrogen-bond donors (Lipinski definition) is 1. The van der Waals surface area contributed by atoms with Gasteiger partial charge in [0.1, 0.15) is 23.7 Å². The maximum Gasteiger partial charge on any atom is 0.391 e. The van der Waals surface area contributed by atoms with Crippen molar-refractivity contribution in [2.24, 2.45) is 5.92 Å². The third kappa shape index (κ3) is 7.50. The van der Waals surface area contributed by atoms with Crippen LogP contribution in [0.4, 0.5) is 23.4 Å². The highest BCUT2D eigenvalue weighted by Crippen LogP contribution is 2.35. The maximum atomic E-state index is 13.1. The van der Waals surface area contributed by atoms with Gasteiger partial charge in [-0.25, -0.2) is 14.4 Å². The molecule has 3 rings (SSSR count). The van der Waals surface area contributed by atoms with Gasteiger partial charge < -0.3 is 14.4 Å². The number of carbonyl (C=O) groups excluding carboxylic acids is 1. The van der Waals surface area contributed by atoms with Gasteiger partial charge in [-0.05, 0) is 51.0 Å². The lowest BCUT2D eigenvalue weighted by atomic mass is 9.96. The molecule has 0 bridgehead atoms. The van der Waals surface area contributed by atoms with E-state index in [1.165, 1.54) is 6.33 Å². The van der Waals surface area contributed by atoms with E-state index >= 15 is 0 Å². The molecule has 9 nitrogen and oxygen atoms in total. The summed E-state index contributed by atoms with van der Waals surface area (Å²) < 4.78 is 83.0. The van der Waals surface area contributed by atoms with E-state index in [2.05, 4.69) is 15.3 Å². The summed E-state index contributed by atoms with van der Waals surface area (Å²) in [6, 6.07) is 5.36. The average molecular weight is 534 g/mol. The number of nitrogens with one attached hydrogen (secondary N) is 1. The Bertz CT molecular complexity index is 1140. The van der Waals surface area contributed by atoms with Crippen LogP contribution >= 0.6 is 0 Å². The molecule has 1 fully saturated rings. The molecule has 1 N–H and O–H groups in total. The predicted octanol–water partition coefficient (Wildman–Crippen LogP) is 3.04. The van der Waals surface area contributed by atoms with Crippen molar-refractivity contribution in [1.82, 2.24) is 19.6 Å². The Balaban J connectivity index is 1.57. The third-order valence-electron chi connectivity index (χ3n) is 5.64. The summed E-state index contributed by atoms with van der Waals surface area (Å²) in [5.74, 6) is -2.16. The zero-order valence-electron chi connectivity index (χ0n) is 19.7. The number of nitrogens with zero attached hydrogens (tertiary/aromatic N) is 4. The van der Waals surface area contributed by atoms with Gasteiger partial charge in [-0.15, -0.1) is 0 Å². The first-order valence-electron chi connectivity index (χ1n) is 11.2. The highest BCUT2D eigenvalue weighted by molar-refractivity contribution is 7.84. The molecule has 1 saturated heterocycles. The third-order valence-corrected chi connectivity index (χ3v) is 7.16. The first-order valence-corrected chi connectivity index (χ1v) is 12.6. The fourth-order valence-electron chi connectivity index (χ4n) is 3.66. The Hall–Kier alpha value is -3.00. The molecule has 1 aliphatic rings. The van der Waals surface area contributed by atoms with Crippen molar-refractivity contribution in [3.63, 3.8) is 0 Å². The molecule has 198 valence electrons. The molecule has 1 amide bonds. The number of piperidine rings is 1. The summed E-state index contributed by atoms with van der Waals surface area (Å²) in [6.45, 7) is 2.95. The highest BCUT2D eigenvalue weighted by atomic mass is 32.2. The molecule has 14 heteroatoms. The van der Waals surface area contributed by atoms with Crippen LogP contribution in [0.2, 0.25) is 0 Å². The largest absolute Gasteiger partial charge is 0.391 e. The van der Waals surface area contributed by atoms with Crippen LogP contribution in [-0.2, 0) is 21.6 Å². The number of aromatic nitrogens is 2. The van der Waals surface area contributed by atoms with Crippen LogP contribution in [0.1, 0.15) is 32.4 Å². The van der Waals surface area contributed by atoms with Gasteiger partial charge in [0, 0.05) is 25.2 Å². The summed E-state index contributed by atoms with van der Waals surface area (Å²) in [5, 5.41) is 2.58. The number of hydrogen-bond acceptors (Lipinski definition) is 7. The topological polar surface area (TPSA) is 105 Å². The molecule has 0 atom stereocenters. The standard InChI is InChI=1S/C22H27F4N5O4S/c1-15(2)31(36(33,34)35-19-5-3-17(23)4-6-19)13-21(32)27-12-18-11-20(29-14-28-18)30-9-7-16(8-10-30)22(24,25)26/h3-6,11,14-16H,7-10,12-13H2,1-2H3,(H,27,32). The number of alkyl halides is 3. The van der Waals surface area contributed by atoms with Gasteiger partial charge in [-0.2, -0.15) is 25.9 Å². The summed E-state index contributed by atoms with van der Waals surface area (Å²) >= 11 is 0. The summed E-state index contributed by atoms with van der Waals surface area (Å²) in [4.78, 5) is 22.4. The van der Waals surface area contributed by atoms with Crippen LogP contribution in [0.25, 0.3) is 0 Å². The molecular weight excluding hydrogens is 506 g/mol. The second-order valence-corrected chi connectivity index (χ2v) is 10.1. The molecule has 1 aromatic carbocycles.